The average molecular weight is 152 g/mol. The van der Waals surface area contributed by atoms with Crippen LogP contribution >= 0.6 is 0 Å². The van der Waals surface area contributed by atoms with E-state index in [9.17, 15) is 0 Å². The lowest BCUT2D eigenvalue weighted by Crippen LogP contribution is -1.86. The molecule has 0 radical (unpaired) electrons. The minimum absolute atomic E-state index is 0.186. The fourth-order valence-corrected chi connectivity index (χ4v) is 0.692. The van der Waals surface area contributed by atoms with Crippen molar-refractivity contribution in [3.63, 3.8) is 0 Å². The molecule has 7 nitrogen and oxygen atoms in total. The van der Waals surface area contributed by atoms with Crippen molar-refractivity contribution >= 4 is 5.88 Å². The Morgan fingerprint density at radius 1 is 1.55 bits per heavy atom. The number of anilines is 1. The summed E-state index contributed by atoms with van der Waals surface area (Å²) in [7, 11) is 0. The van der Waals surface area contributed by atoms with Gasteiger partial charge in [0.05, 0.1) is 6.20 Å². The lowest BCUT2D eigenvalue weighted by atomic mass is 10.3. The van der Waals surface area contributed by atoms with E-state index >= 15 is 0 Å². The van der Waals surface area contributed by atoms with Gasteiger partial charge >= 0.3 is 0 Å². The van der Waals surface area contributed by atoms with Crippen LogP contribution in [-0.4, -0.2) is 25.8 Å². The molecule has 11 heavy (non-hydrogen) atoms. The Hall–Kier alpha value is -1.92. The topological polar surface area (TPSA) is 107 Å². The molecule has 2 heterocycles. The van der Waals surface area contributed by atoms with Crippen molar-refractivity contribution in [3.8, 4) is 11.4 Å². The minimum atomic E-state index is 0.186. The first-order valence-corrected chi connectivity index (χ1v) is 2.82. The zero-order valence-corrected chi connectivity index (χ0v) is 5.35. The number of nitrogens with two attached hydrogens (primary N) is 1. The maximum Gasteiger partial charge on any atom is 0.233 e. The van der Waals surface area contributed by atoms with Crippen LogP contribution in [0.25, 0.3) is 11.4 Å². The molecule has 0 fully saturated rings. The van der Waals surface area contributed by atoms with E-state index in [1.54, 1.807) is 0 Å². The summed E-state index contributed by atoms with van der Waals surface area (Å²) in [6, 6.07) is 0. The number of hydrogen-bond donors (Lipinski definition) is 2. The van der Waals surface area contributed by atoms with E-state index in [0.29, 0.717) is 11.4 Å². The summed E-state index contributed by atoms with van der Waals surface area (Å²) in [5.41, 5.74) is 5.92. The number of rotatable bonds is 1. The molecule has 0 saturated carbocycles. The standard InChI is InChI=1S/C4H4N6O/c5-3-2(1-6-11-3)4-7-9-10-8-4/h1H,5H2,(H,7,8,9,10). The molecule has 0 aliphatic heterocycles. The second-order valence-corrected chi connectivity index (χ2v) is 1.84. The second-order valence-electron chi connectivity index (χ2n) is 1.84. The number of nitrogens with zero attached hydrogens (tertiary/aromatic N) is 4. The highest BCUT2D eigenvalue weighted by Crippen LogP contribution is 2.19. The summed E-state index contributed by atoms with van der Waals surface area (Å²) in [6.45, 7) is 0. The highest BCUT2D eigenvalue weighted by molar-refractivity contribution is 5.64. The fraction of sp³-hybridized carbons (Fsp3) is 0. The molecule has 0 aliphatic carbocycles. The number of aromatic amines is 1. The van der Waals surface area contributed by atoms with Crippen LogP contribution in [0.4, 0.5) is 5.88 Å². The largest absolute Gasteiger partial charge is 0.367 e. The lowest BCUT2D eigenvalue weighted by Gasteiger charge is -1.83. The Morgan fingerprint density at radius 2 is 2.45 bits per heavy atom. The van der Waals surface area contributed by atoms with Crippen molar-refractivity contribution in [3.05, 3.63) is 6.20 Å². The summed E-state index contributed by atoms with van der Waals surface area (Å²) >= 11 is 0. The van der Waals surface area contributed by atoms with E-state index in [-0.39, 0.29) is 5.88 Å². The maximum atomic E-state index is 5.38. The lowest BCUT2D eigenvalue weighted by molar-refractivity contribution is 0.436. The Balaban J connectivity index is 2.53. The predicted molar refractivity (Wildman–Crippen MR) is 34.1 cm³/mol. The van der Waals surface area contributed by atoms with E-state index in [4.69, 9.17) is 5.73 Å². The van der Waals surface area contributed by atoms with E-state index in [2.05, 4.69) is 30.3 Å². The average Bonchev–Trinajstić information content (AvgIpc) is 2.55. The predicted octanol–water partition coefficient (Wildman–Crippen LogP) is -0.563. The van der Waals surface area contributed by atoms with Crippen molar-refractivity contribution in [2.45, 2.75) is 0 Å². The van der Waals surface area contributed by atoms with Gasteiger partial charge in [-0.1, -0.05) is 5.16 Å². The molecule has 3 N–H and O–H groups in total. The van der Waals surface area contributed by atoms with Gasteiger partial charge in [0.1, 0.15) is 5.56 Å². The van der Waals surface area contributed by atoms with E-state index in [0.717, 1.165) is 0 Å². The number of nitrogens with one attached hydrogen (secondary N) is 1. The molecule has 2 aromatic heterocycles. The van der Waals surface area contributed by atoms with Gasteiger partial charge < -0.3 is 10.3 Å². The summed E-state index contributed by atoms with van der Waals surface area (Å²) in [4.78, 5) is 0. The number of H-pyrrole nitrogens is 1. The molecule has 56 valence electrons. The van der Waals surface area contributed by atoms with Crippen LogP contribution in [0.5, 0.6) is 0 Å². The van der Waals surface area contributed by atoms with Crippen LogP contribution in [0.1, 0.15) is 0 Å². The Labute approximate surface area is 60.6 Å². The van der Waals surface area contributed by atoms with Crippen molar-refractivity contribution in [2.75, 3.05) is 5.73 Å². The number of nitrogen functional groups attached to an aromatic ring is 1. The van der Waals surface area contributed by atoms with E-state index < -0.39 is 0 Å². The van der Waals surface area contributed by atoms with Crippen LogP contribution < -0.4 is 5.73 Å². The van der Waals surface area contributed by atoms with Crippen LogP contribution in [-0.2, 0) is 0 Å². The third-order valence-corrected chi connectivity index (χ3v) is 1.18. The highest BCUT2D eigenvalue weighted by atomic mass is 16.5. The first-order valence-electron chi connectivity index (χ1n) is 2.82. The van der Waals surface area contributed by atoms with Crippen LogP contribution in [0, 0.1) is 0 Å². The summed E-state index contributed by atoms with van der Waals surface area (Å²) in [6.07, 6.45) is 1.43. The molecule has 0 aliphatic rings. The summed E-state index contributed by atoms with van der Waals surface area (Å²) in [5.74, 6) is 0.565. The Kier molecular flexibility index (Phi) is 1.08. The molecular formula is C4H4N6O. The Morgan fingerprint density at radius 3 is 3.00 bits per heavy atom. The first kappa shape index (κ1) is 5.83. The van der Waals surface area contributed by atoms with Crippen LogP contribution in [0.15, 0.2) is 10.7 Å². The number of tetrazole rings is 1. The molecule has 0 amide bonds. The third-order valence-electron chi connectivity index (χ3n) is 1.18. The fourth-order valence-electron chi connectivity index (χ4n) is 0.692. The third kappa shape index (κ3) is 0.820. The number of hydrogen-bond acceptors (Lipinski definition) is 6. The van der Waals surface area contributed by atoms with Crippen molar-refractivity contribution in [2.24, 2.45) is 0 Å². The zero-order valence-electron chi connectivity index (χ0n) is 5.35. The van der Waals surface area contributed by atoms with Crippen molar-refractivity contribution < 1.29 is 4.52 Å². The van der Waals surface area contributed by atoms with Crippen molar-refractivity contribution in [1.82, 2.24) is 25.8 Å². The minimum Gasteiger partial charge on any atom is -0.367 e. The van der Waals surface area contributed by atoms with Gasteiger partial charge in [0.2, 0.25) is 11.7 Å². The van der Waals surface area contributed by atoms with Crippen LogP contribution in [0.2, 0.25) is 0 Å². The SMILES string of the molecule is Nc1oncc1-c1nn[nH]n1. The smallest absolute Gasteiger partial charge is 0.233 e. The second kappa shape index (κ2) is 2.04. The Bertz CT molecular complexity index is 337. The molecule has 0 atom stereocenters. The molecular weight excluding hydrogens is 148 g/mol. The van der Waals surface area contributed by atoms with Crippen molar-refractivity contribution in [1.29, 1.82) is 0 Å². The van der Waals surface area contributed by atoms with Gasteiger partial charge in [-0.15, -0.1) is 10.2 Å². The van der Waals surface area contributed by atoms with Gasteiger partial charge in [-0.05, 0) is 5.21 Å². The normalized spacial score (nSPS) is 10.2. The number of aromatic nitrogens is 5. The zero-order chi connectivity index (χ0) is 7.68. The van der Waals surface area contributed by atoms with E-state index in [1.165, 1.54) is 6.20 Å². The summed E-state index contributed by atoms with van der Waals surface area (Å²) < 4.78 is 4.59. The van der Waals surface area contributed by atoms with Gasteiger partial charge in [-0.3, -0.25) is 0 Å². The molecule has 0 bridgehead atoms. The quantitative estimate of drug-likeness (QED) is 0.567. The molecule has 7 heteroatoms. The van der Waals surface area contributed by atoms with Gasteiger partial charge in [-0.25, -0.2) is 0 Å². The maximum absolute atomic E-state index is 5.38. The molecule has 0 aromatic carbocycles. The van der Waals surface area contributed by atoms with Crippen LogP contribution in [0.3, 0.4) is 0 Å². The molecule has 2 rings (SSSR count). The molecule has 2 aromatic rings. The van der Waals surface area contributed by atoms with Gasteiger partial charge in [0, 0.05) is 0 Å². The summed E-state index contributed by atoms with van der Waals surface area (Å²) in [5, 5.41) is 16.5. The molecule has 0 unspecified atom stereocenters. The van der Waals surface area contributed by atoms with E-state index in [1.807, 2.05) is 0 Å². The van der Waals surface area contributed by atoms with Gasteiger partial charge in [0.15, 0.2) is 0 Å². The highest BCUT2D eigenvalue weighted by Gasteiger charge is 2.10. The molecule has 0 spiro atoms. The van der Waals surface area contributed by atoms with Gasteiger partial charge in [-0.2, -0.15) is 5.21 Å². The monoisotopic (exact) mass is 152 g/mol. The molecule has 0 saturated heterocycles. The van der Waals surface area contributed by atoms with Gasteiger partial charge in [0.25, 0.3) is 0 Å². The first-order chi connectivity index (χ1) is 5.38.